The first-order valence-electron chi connectivity index (χ1n) is 5.48. The van der Waals surface area contributed by atoms with Gasteiger partial charge in [-0.15, -0.1) is 0 Å². The number of hydrogen-bond acceptors (Lipinski definition) is 4. The lowest BCUT2D eigenvalue weighted by Crippen LogP contribution is -2.07. The molecule has 0 spiro atoms. The van der Waals surface area contributed by atoms with Gasteiger partial charge in [-0.1, -0.05) is 6.07 Å². The van der Waals surface area contributed by atoms with Crippen LogP contribution in [0.3, 0.4) is 0 Å². The van der Waals surface area contributed by atoms with Crippen LogP contribution in [0.1, 0.15) is 5.56 Å². The molecule has 20 heavy (non-hydrogen) atoms. The highest BCUT2D eigenvalue weighted by Gasteiger charge is 2.35. The predicted molar refractivity (Wildman–Crippen MR) is 69.0 cm³/mol. The second-order valence-electron chi connectivity index (χ2n) is 4.23. The van der Waals surface area contributed by atoms with Crippen LogP contribution in [0.2, 0.25) is 0 Å². The molecule has 0 aromatic heterocycles. The summed E-state index contributed by atoms with van der Waals surface area (Å²) in [6.45, 7) is 0. The summed E-state index contributed by atoms with van der Waals surface area (Å²) in [4.78, 5) is 0. The molecule has 0 atom stereocenters. The SMILES string of the molecule is Nc1cc(-c2cc(N)c(O)c(C(F)(F)F)c2)ccc1O. The van der Waals surface area contributed by atoms with E-state index in [2.05, 4.69) is 0 Å². The molecule has 0 unspecified atom stereocenters. The Morgan fingerprint density at radius 2 is 1.45 bits per heavy atom. The number of nitrogens with two attached hydrogens (primary N) is 2. The van der Waals surface area contributed by atoms with Crippen LogP contribution >= 0.6 is 0 Å². The van der Waals surface area contributed by atoms with Crippen LogP contribution < -0.4 is 11.5 Å². The molecule has 0 heterocycles. The second-order valence-corrected chi connectivity index (χ2v) is 4.23. The number of halogens is 3. The third-order valence-corrected chi connectivity index (χ3v) is 2.81. The first-order chi connectivity index (χ1) is 9.20. The molecule has 7 heteroatoms. The largest absolute Gasteiger partial charge is 0.506 e. The lowest BCUT2D eigenvalue weighted by atomic mass is 10.00. The Morgan fingerprint density at radius 1 is 0.850 bits per heavy atom. The zero-order chi connectivity index (χ0) is 15.1. The summed E-state index contributed by atoms with van der Waals surface area (Å²) >= 11 is 0. The summed E-state index contributed by atoms with van der Waals surface area (Å²) in [6, 6.07) is 5.97. The predicted octanol–water partition coefficient (Wildman–Crippen LogP) is 2.95. The van der Waals surface area contributed by atoms with Gasteiger partial charge in [0.15, 0.2) is 5.75 Å². The average molecular weight is 284 g/mol. The van der Waals surface area contributed by atoms with Crippen molar-refractivity contribution in [1.29, 1.82) is 0 Å². The van der Waals surface area contributed by atoms with Gasteiger partial charge in [0.05, 0.1) is 16.9 Å². The fourth-order valence-electron chi connectivity index (χ4n) is 1.77. The third-order valence-electron chi connectivity index (χ3n) is 2.81. The van der Waals surface area contributed by atoms with Gasteiger partial charge in [0.2, 0.25) is 0 Å². The number of benzene rings is 2. The van der Waals surface area contributed by atoms with E-state index >= 15 is 0 Å². The van der Waals surface area contributed by atoms with E-state index in [1.54, 1.807) is 0 Å². The van der Waals surface area contributed by atoms with Crippen molar-refractivity contribution in [2.75, 3.05) is 11.5 Å². The maximum absolute atomic E-state index is 12.8. The fraction of sp³-hybridized carbons (Fsp3) is 0.0769. The standard InChI is InChI=1S/C13H11F3N2O2/c14-13(15,16)8-3-7(5-10(18)12(8)20)6-1-2-11(19)9(17)4-6/h1-5,19-20H,17-18H2. The van der Waals surface area contributed by atoms with E-state index in [0.29, 0.717) is 5.56 Å². The minimum atomic E-state index is -4.73. The number of anilines is 2. The molecule has 106 valence electrons. The highest BCUT2D eigenvalue weighted by molar-refractivity contribution is 5.76. The van der Waals surface area contributed by atoms with Crippen LogP contribution in [0.4, 0.5) is 24.5 Å². The molecule has 0 amide bonds. The monoisotopic (exact) mass is 284 g/mol. The lowest BCUT2D eigenvalue weighted by molar-refractivity contribution is -0.138. The molecule has 2 aromatic rings. The van der Waals surface area contributed by atoms with Crippen molar-refractivity contribution >= 4 is 11.4 Å². The molecular weight excluding hydrogens is 273 g/mol. The Bertz CT molecular complexity index is 669. The van der Waals surface area contributed by atoms with Crippen LogP contribution in [0.5, 0.6) is 11.5 Å². The van der Waals surface area contributed by atoms with Gasteiger partial charge in [-0.2, -0.15) is 13.2 Å². The van der Waals surface area contributed by atoms with Gasteiger partial charge in [-0.25, -0.2) is 0 Å². The zero-order valence-electron chi connectivity index (χ0n) is 10.1. The van der Waals surface area contributed by atoms with Crippen LogP contribution in [-0.2, 0) is 6.18 Å². The molecule has 2 aromatic carbocycles. The van der Waals surface area contributed by atoms with Gasteiger partial charge in [-0.3, -0.25) is 0 Å². The Labute approximate surface area is 112 Å². The molecule has 0 saturated carbocycles. The Morgan fingerprint density at radius 3 is 2.00 bits per heavy atom. The molecule has 0 saturated heterocycles. The minimum Gasteiger partial charge on any atom is -0.506 e. The Balaban J connectivity index is 2.63. The summed E-state index contributed by atoms with van der Waals surface area (Å²) < 4.78 is 38.4. The molecular formula is C13H11F3N2O2. The topological polar surface area (TPSA) is 92.5 Å². The molecule has 0 fully saturated rings. The molecule has 0 aliphatic heterocycles. The number of phenolic OH excluding ortho intramolecular Hbond substituents is 2. The summed E-state index contributed by atoms with van der Waals surface area (Å²) in [5.41, 5.74) is 9.79. The van der Waals surface area contributed by atoms with Crippen molar-refractivity contribution in [1.82, 2.24) is 0 Å². The van der Waals surface area contributed by atoms with Gasteiger partial charge in [-0.05, 0) is 35.4 Å². The van der Waals surface area contributed by atoms with Gasteiger partial charge < -0.3 is 21.7 Å². The van der Waals surface area contributed by atoms with Gasteiger partial charge in [0.25, 0.3) is 0 Å². The van der Waals surface area contributed by atoms with E-state index in [1.165, 1.54) is 24.3 Å². The maximum Gasteiger partial charge on any atom is 0.420 e. The van der Waals surface area contributed by atoms with Gasteiger partial charge in [0.1, 0.15) is 5.75 Å². The first kappa shape index (κ1) is 13.9. The molecule has 0 aliphatic carbocycles. The van der Waals surface area contributed by atoms with Crippen molar-refractivity contribution in [3.63, 3.8) is 0 Å². The number of hydrogen-bond donors (Lipinski definition) is 4. The van der Waals surface area contributed by atoms with E-state index in [0.717, 1.165) is 6.07 Å². The number of aromatic hydroxyl groups is 2. The molecule has 2 rings (SSSR count). The second kappa shape index (κ2) is 4.52. The highest BCUT2D eigenvalue weighted by atomic mass is 19.4. The minimum absolute atomic E-state index is 0.0303. The number of phenols is 2. The van der Waals surface area contributed by atoms with Crippen LogP contribution in [0, 0.1) is 0 Å². The van der Waals surface area contributed by atoms with E-state index < -0.39 is 17.5 Å². The molecule has 0 radical (unpaired) electrons. The molecule has 6 N–H and O–H groups in total. The Hall–Kier alpha value is -2.57. The van der Waals surface area contributed by atoms with E-state index in [-0.39, 0.29) is 22.7 Å². The lowest BCUT2D eigenvalue weighted by Gasteiger charge is -2.13. The van der Waals surface area contributed by atoms with Gasteiger partial charge in [0, 0.05) is 0 Å². The number of nitrogen functional groups attached to an aromatic ring is 2. The van der Waals surface area contributed by atoms with Crippen molar-refractivity contribution < 1.29 is 23.4 Å². The van der Waals surface area contributed by atoms with Gasteiger partial charge >= 0.3 is 6.18 Å². The third kappa shape index (κ3) is 2.42. The number of rotatable bonds is 1. The smallest absolute Gasteiger partial charge is 0.420 e. The van der Waals surface area contributed by atoms with E-state index in [9.17, 15) is 23.4 Å². The van der Waals surface area contributed by atoms with Crippen molar-refractivity contribution in [3.05, 3.63) is 35.9 Å². The van der Waals surface area contributed by atoms with Crippen molar-refractivity contribution in [3.8, 4) is 22.6 Å². The summed E-state index contributed by atoms with van der Waals surface area (Å²) in [6.07, 6.45) is -4.73. The summed E-state index contributed by atoms with van der Waals surface area (Å²) in [7, 11) is 0. The van der Waals surface area contributed by atoms with E-state index in [4.69, 9.17) is 11.5 Å². The number of alkyl halides is 3. The summed E-state index contributed by atoms with van der Waals surface area (Å²) in [5.74, 6) is -1.18. The molecule has 4 nitrogen and oxygen atoms in total. The highest BCUT2D eigenvalue weighted by Crippen LogP contribution is 2.42. The fourth-order valence-corrected chi connectivity index (χ4v) is 1.77. The normalized spacial score (nSPS) is 11.6. The van der Waals surface area contributed by atoms with Crippen LogP contribution in [0.15, 0.2) is 30.3 Å². The van der Waals surface area contributed by atoms with Crippen LogP contribution in [0.25, 0.3) is 11.1 Å². The van der Waals surface area contributed by atoms with Crippen molar-refractivity contribution in [2.45, 2.75) is 6.18 Å². The Kier molecular flexibility index (Phi) is 3.13. The molecule has 0 bridgehead atoms. The summed E-state index contributed by atoms with van der Waals surface area (Å²) in [5, 5.41) is 18.7. The maximum atomic E-state index is 12.8. The zero-order valence-corrected chi connectivity index (χ0v) is 10.1. The quantitative estimate of drug-likeness (QED) is 0.478. The van der Waals surface area contributed by atoms with Crippen molar-refractivity contribution in [2.24, 2.45) is 0 Å². The van der Waals surface area contributed by atoms with Crippen LogP contribution in [-0.4, -0.2) is 10.2 Å². The molecule has 0 aliphatic rings. The first-order valence-corrected chi connectivity index (χ1v) is 5.48. The average Bonchev–Trinajstić information content (AvgIpc) is 2.34. The van der Waals surface area contributed by atoms with E-state index in [1.807, 2.05) is 0 Å².